The van der Waals surface area contributed by atoms with Gasteiger partial charge >= 0.3 is 0 Å². The number of carbonyl (C=O) groups is 1. The van der Waals surface area contributed by atoms with E-state index in [0.29, 0.717) is 28.6 Å². The number of anilines is 2. The van der Waals surface area contributed by atoms with E-state index in [1.807, 2.05) is 74.4 Å². The molecule has 5 nitrogen and oxygen atoms in total. The van der Waals surface area contributed by atoms with Crippen molar-refractivity contribution in [1.29, 1.82) is 0 Å². The van der Waals surface area contributed by atoms with Gasteiger partial charge in [0.1, 0.15) is 5.15 Å². The molecule has 0 saturated heterocycles. The van der Waals surface area contributed by atoms with Gasteiger partial charge < -0.3 is 10.2 Å². The highest BCUT2D eigenvalue weighted by Gasteiger charge is 2.20. The van der Waals surface area contributed by atoms with Crippen molar-refractivity contribution in [3.63, 3.8) is 0 Å². The molecule has 0 saturated carbocycles. The number of halogens is 1. The molecule has 1 amide bonds. The maximum atomic E-state index is 12.7. The van der Waals surface area contributed by atoms with E-state index in [9.17, 15) is 4.79 Å². The third-order valence-corrected chi connectivity index (χ3v) is 4.77. The van der Waals surface area contributed by atoms with Crippen molar-refractivity contribution in [2.75, 3.05) is 24.3 Å². The molecule has 1 aromatic heterocycles. The van der Waals surface area contributed by atoms with Crippen LogP contribution in [0.2, 0.25) is 5.15 Å². The fourth-order valence-corrected chi connectivity index (χ4v) is 3.14. The Hall–Kier alpha value is -2.79. The number of aryl methyl sites for hydroxylation is 2. The van der Waals surface area contributed by atoms with E-state index in [4.69, 9.17) is 11.6 Å². The Kier molecular flexibility index (Phi) is 5.51. The summed E-state index contributed by atoms with van der Waals surface area (Å²) in [6.07, 6.45) is 0. The van der Waals surface area contributed by atoms with E-state index in [1.54, 1.807) is 11.6 Å². The van der Waals surface area contributed by atoms with Gasteiger partial charge in [0.2, 0.25) is 0 Å². The highest BCUT2D eigenvalue weighted by molar-refractivity contribution is 6.33. The van der Waals surface area contributed by atoms with Crippen LogP contribution in [0.5, 0.6) is 0 Å². The van der Waals surface area contributed by atoms with Crippen LogP contribution in [-0.2, 0) is 6.54 Å². The summed E-state index contributed by atoms with van der Waals surface area (Å²) in [6, 6.07) is 15.8. The van der Waals surface area contributed by atoms with Crippen LogP contribution in [0.25, 0.3) is 0 Å². The van der Waals surface area contributed by atoms with E-state index in [1.165, 1.54) is 5.56 Å². The van der Waals surface area contributed by atoms with Crippen LogP contribution >= 0.6 is 11.6 Å². The highest BCUT2D eigenvalue weighted by Crippen LogP contribution is 2.23. The molecule has 0 fully saturated rings. The number of hydrogen-bond donors (Lipinski definition) is 1. The first-order valence-corrected chi connectivity index (χ1v) is 9.10. The first kappa shape index (κ1) is 19.0. The number of nitrogens with one attached hydrogen (secondary N) is 1. The van der Waals surface area contributed by atoms with Gasteiger partial charge in [-0.2, -0.15) is 5.10 Å². The number of carbonyl (C=O) groups excluding carboxylic acids is 1. The average molecular weight is 383 g/mol. The molecular formula is C21H23ClN4O. The first-order valence-electron chi connectivity index (χ1n) is 8.72. The molecule has 27 heavy (non-hydrogen) atoms. The van der Waals surface area contributed by atoms with E-state index in [2.05, 4.69) is 10.4 Å². The molecule has 3 aromatic rings. The summed E-state index contributed by atoms with van der Waals surface area (Å²) in [7, 11) is 3.94. The van der Waals surface area contributed by atoms with E-state index in [-0.39, 0.29) is 5.91 Å². The molecule has 0 radical (unpaired) electrons. The van der Waals surface area contributed by atoms with Crippen molar-refractivity contribution < 1.29 is 4.79 Å². The third kappa shape index (κ3) is 4.31. The molecule has 0 unspecified atom stereocenters. The maximum absolute atomic E-state index is 12.7. The zero-order chi connectivity index (χ0) is 19.6. The molecular weight excluding hydrogens is 360 g/mol. The Morgan fingerprint density at radius 3 is 2.30 bits per heavy atom. The second-order valence-corrected chi connectivity index (χ2v) is 7.15. The van der Waals surface area contributed by atoms with Crippen molar-refractivity contribution >= 4 is 28.9 Å². The predicted molar refractivity (Wildman–Crippen MR) is 111 cm³/mol. The van der Waals surface area contributed by atoms with Crippen molar-refractivity contribution in [2.24, 2.45) is 0 Å². The predicted octanol–water partition coefficient (Wildman–Crippen LogP) is 4.52. The van der Waals surface area contributed by atoms with Crippen LogP contribution in [0, 0.1) is 13.8 Å². The molecule has 0 atom stereocenters. The Bertz CT molecular complexity index is 944. The van der Waals surface area contributed by atoms with Crippen molar-refractivity contribution in [2.45, 2.75) is 20.4 Å². The minimum atomic E-state index is -0.259. The fourth-order valence-electron chi connectivity index (χ4n) is 2.82. The van der Waals surface area contributed by atoms with Crippen molar-refractivity contribution in [1.82, 2.24) is 9.78 Å². The normalized spacial score (nSPS) is 10.7. The number of aromatic nitrogens is 2. The Balaban J connectivity index is 1.78. The minimum Gasteiger partial charge on any atom is -0.378 e. The van der Waals surface area contributed by atoms with Gasteiger partial charge in [0.15, 0.2) is 0 Å². The Morgan fingerprint density at radius 2 is 1.70 bits per heavy atom. The SMILES string of the molecule is Cc1ccc(Cn2nc(C)c(C(=O)Nc3ccc(N(C)C)cc3)c2Cl)cc1. The second kappa shape index (κ2) is 7.84. The summed E-state index contributed by atoms with van der Waals surface area (Å²) in [6.45, 7) is 4.36. The number of hydrogen-bond acceptors (Lipinski definition) is 3. The van der Waals surface area contributed by atoms with Crippen LogP contribution in [0.15, 0.2) is 48.5 Å². The summed E-state index contributed by atoms with van der Waals surface area (Å²) in [5.41, 5.74) is 5.06. The van der Waals surface area contributed by atoms with Crippen LogP contribution in [0.3, 0.4) is 0 Å². The van der Waals surface area contributed by atoms with Gasteiger partial charge in [-0.3, -0.25) is 4.79 Å². The average Bonchev–Trinajstić information content (AvgIpc) is 2.91. The van der Waals surface area contributed by atoms with Gasteiger partial charge in [-0.05, 0) is 43.7 Å². The molecule has 0 bridgehead atoms. The van der Waals surface area contributed by atoms with Crippen LogP contribution in [0.4, 0.5) is 11.4 Å². The van der Waals surface area contributed by atoms with Crippen LogP contribution in [0.1, 0.15) is 27.2 Å². The third-order valence-electron chi connectivity index (χ3n) is 4.39. The highest BCUT2D eigenvalue weighted by atomic mass is 35.5. The summed E-state index contributed by atoms with van der Waals surface area (Å²) in [5, 5.41) is 7.68. The number of amides is 1. The molecule has 0 aliphatic rings. The van der Waals surface area contributed by atoms with Gasteiger partial charge in [-0.15, -0.1) is 0 Å². The minimum absolute atomic E-state index is 0.259. The van der Waals surface area contributed by atoms with Gasteiger partial charge in [0.25, 0.3) is 5.91 Å². The lowest BCUT2D eigenvalue weighted by molar-refractivity contribution is 0.102. The number of benzene rings is 2. The quantitative estimate of drug-likeness (QED) is 0.705. The van der Waals surface area contributed by atoms with E-state index in [0.717, 1.165) is 11.3 Å². The molecule has 140 valence electrons. The molecule has 3 rings (SSSR count). The van der Waals surface area contributed by atoms with Crippen molar-refractivity contribution in [3.05, 3.63) is 76.1 Å². The lowest BCUT2D eigenvalue weighted by Crippen LogP contribution is -2.14. The molecule has 2 aromatic carbocycles. The Morgan fingerprint density at radius 1 is 1.07 bits per heavy atom. The molecule has 0 aliphatic carbocycles. The monoisotopic (exact) mass is 382 g/mol. The Labute approximate surface area is 164 Å². The van der Waals surface area contributed by atoms with Crippen LogP contribution < -0.4 is 10.2 Å². The zero-order valence-corrected chi connectivity index (χ0v) is 16.7. The number of nitrogens with zero attached hydrogens (tertiary/aromatic N) is 3. The standard InChI is InChI=1S/C21H23ClN4O/c1-14-5-7-16(8-6-14)13-26-20(22)19(15(2)24-26)21(27)23-17-9-11-18(12-10-17)25(3)4/h5-12H,13H2,1-4H3,(H,23,27). The molecule has 6 heteroatoms. The molecule has 0 aliphatic heterocycles. The summed E-state index contributed by atoms with van der Waals surface area (Å²) in [4.78, 5) is 14.7. The summed E-state index contributed by atoms with van der Waals surface area (Å²) < 4.78 is 1.66. The van der Waals surface area contributed by atoms with E-state index >= 15 is 0 Å². The van der Waals surface area contributed by atoms with Gasteiger partial charge in [0.05, 0.1) is 17.8 Å². The summed E-state index contributed by atoms with van der Waals surface area (Å²) >= 11 is 6.47. The summed E-state index contributed by atoms with van der Waals surface area (Å²) in [5.74, 6) is -0.259. The fraction of sp³-hybridized carbons (Fsp3) is 0.238. The lowest BCUT2D eigenvalue weighted by atomic mass is 10.1. The van der Waals surface area contributed by atoms with Gasteiger partial charge in [-0.1, -0.05) is 41.4 Å². The molecule has 1 N–H and O–H groups in total. The van der Waals surface area contributed by atoms with Crippen LogP contribution in [-0.4, -0.2) is 29.8 Å². The molecule has 0 spiro atoms. The second-order valence-electron chi connectivity index (χ2n) is 6.79. The van der Waals surface area contributed by atoms with Gasteiger partial charge in [0, 0.05) is 25.5 Å². The largest absolute Gasteiger partial charge is 0.378 e. The van der Waals surface area contributed by atoms with Crippen molar-refractivity contribution in [3.8, 4) is 0 Å². The zero-order valence-electron chi connectivity index (χ0n) is 16.0. The lowest BCUT2D eigenvalue weighted by Gasteiger charge is -2.13. The van der Waals surface area contributed by atoms with Gasteiger partial charge in [-0.25, -0.2) is 4.68 Å². The molecule has 1 heterocycles. The smallest absolute Gasteiger partial charge is 0.260 e. The first-order chi connectivity index (χ1) is 12.8. The number of rotatable bonds is 5. The maximum Gasteiger partial charge on any atom is 0.260 e. The topological polar surface area (TPSA) is 50.2 Å². The van der Waals surface area contributed by atoms with E-state index < -0.39 is 0 Å².